The van der Waals surface area contributed by atoms with Crippen LogP contribution in [0.25, 0.3) is 10.9 Å². The SMILES string of the molecule is Br.NC1CCCc2c1[nH]c1ccccc21. The zero-order valence-electron chi connectivity index (χ0n) is 8.49. The molecule has 1 unspecified atom stereocenters. The van der Waals surface area contributed by atoms with E-state index in [-0.39, 0.29) is 23.0 Å². The van der Waals surface area contributed by atoms with Crippen LogP contribution in [0.15, 0.2) is 24.3 Å². The van der Waals surface area contributed by atoms with Crippen molar-refractivity contribution in [3.8, 4) is 0 Å². The summed E-state index contributed by atoms with van der Waals surface area (Å²) in [5, 5.41) is 1.36. The van der Waals surface area contributed by atoms with Crippen LogP contribution in [0.5, 0.6) is 0 Å². The zero-order chi connectivity index (χ0) is 9.54. The van der Waals surface area contributed by atoms with Crippen LogP contribution >= 0.6 is 17.0 Å². The van der Waals surface area contributed by atoms with Gasteiger partial charge in [0, 0.05) is 22.6 Å². The Labute approximate surface area is 99.6 Å². The van der Waals surface area contributed by atoms with Crippen molar-refractivity contribution < 1.29 is 0 Å². The van der Waals surface area contributed by atoms with E-state index in [9.17, 15) is 0 Å². The van der Waals surface area contributed by atoms with Gasteiger partial charge in [0.1, 0.15) is 0 Å². The maximum Gasteiger partial charge on any atom is 0.0459 e. The average Bonchev–Trinajstić information content (AvgIpc) is 2.59. The maximum atomic E-state index is 6.08. The lowest BCUT2D eigenvalue weighted by Crippen LogP contribution is -2.16. The molecule has 0 spiro atoms. The Morgan fingerprint density at radius 2 is 2.07 bits per heavy atom. The number of aromatic amines is 1. The van der Waals surface area contributed by atoms with Gasteiger partial charge in [0.15, 0.2) is 0 Å². The molecule has 80 valence electrons. The van der Waals surface area contributed by atoms with Crippen LogP contribution in [0.1, 0.15) is 30.1 Å². The summed E-state index contributed by atoms with van der Waals surface area (Å²) in [6.07, 6.45) is 3.50. The molecule has 3 heteroatoms. The second kappa shape index (κ2) is 3.99. The highest BCUT2D eigenvalue weighted by atomic mass is 79.9. The van der Waals surface area contributed by atoms with Gasteiger partial charge in [0.2, 0.25) is 0 Å². The molecular weight excluding hydrogens is 252 g/mol. The van der Waals surface area contributed by atoms with Crippen molar-refractivity contribution in [1.29, 1.82) is 0 Å². The zero-order valence-corrected chi connectivity index (χ0v) is 10.2. The highest BCUT2D eigenvalue weighted by molar-refractivity contribution is 8.93. The number of halogens is 1. The first-order valence-corrected chi connectivity index (χ1v) is 5.21. The van der Waals surface area contributed by atoms with Crippen molar-refractivity contribution in [2.45, 2.75) is 25.3 Å². The molecule has 0 saturated heterocycles. The van der Waals surface area contributed by atoms with E-state index in [1.807, 2.05) is 0 Å². The molecule has 3 N–H and O–H groups in total. The standard InChI is InChI=1S/C12H14N2.BrH/c13-10-6-3-5-9-8-4-1-2-7-11(8)14-12(9)10;/h1-2,4,7,10,14H,3,5-6,13H2;1H. The van der Waals surface area contributed by atoms with Crippen molar-refractivity contribution in [1.82, 2.24) is 4.98 Å². The molecule has 1 heterocycles. The predicted octanol–water partition coefficient (Wildman–Crippen LogP) is 3.08. The van der Waals surface area contributed by atoms with E-state index >= 15 is 0 Å². The molecule has 0 amide bonds. The molecule has 1 aromatic heterocycles. The number of nitrogens with one attached hydrogen (secondary N) is 1. The van der Waals surface area contributed by atoms with Crippen LogP contribution in [-0.4, -0.2) is 4.98 Å². The number of nitrogens with two attached hydrogens (primary N) is 1. The monoisotopic (exact) mass is 266 g/mol. The number of rotatable bonds is 0. The number of hydrogen-bond acceptors (Lipinski definition) is 1. The third-order valence-electron chi connectivity index (χ3n) is 3.16. The largest absolute Gasteiger partial charge is 0.357 e. The van der Waals surface area contributed by atoms with Gasteiger partial charge in [-0.3, -0.25) is 0 Å². The van der Waals surface area contributed by atoms with E-state index in [0.29, 0.717) is 0 Å². The molecule has 3 rings (SSSR count). The third kappa shape index (κ3) is 1.60. The van der Waals surface area contributed by atoms with Crippen LogP contribution < -0.4 is 5.73 Å². The summed E-state index contributed by atoms with van der Waals surface area (Å²) < 4.78 is 0. The van der Waals surface area contributed by atoms with Gasteiger partial charge in [-0.1, -0.05) is 18.2 Å². The third-order valence-corrected chi connectivity index (χ3v) is 3.16. The number of fused-ring (bicyclic) bond motifs is 3. The molecule has 0 bridgehead atoms. The summed E-state index contributed by atoms with van der Waals surface area (Å²) in [6.45, 7) is 0. The van der Waals surface area contributed by atoms with E-state index in [2.05, 4.69) is 29.2 Å². The molecule has 2 nitrogen and oxygen atoms in total. The fourth-order valence-corrected chi connectivity index (χ4v) is 2.45. The molecule has 2 aromatic rings. The average molecular weight is 267 g/mol. The van der Waals surface area contributed by atoms with Gasteiger partial charge in [-0.2, -0.15) is 0 Å². The van der Waals surface area contributed by atoms with Gasteiger partial charge in [-0.15, -0.1) is 17.0 Å². The van der Waals surface area contributed by atoms with Gasteiger partial charge in [-0.25, -0.2) is 0 Å². The van der Waals surface area contributed by atoms with Crippen molar-refractivity contribution in [2.75, 3.05) is 0 Å². The van der Waals surface area contributed by atoms with Crippen LogP contribution in [0, 0.1) is 0 Å². The Bertz CT molecular complexity index is 475. The van der Waals surface area contributed by atoms with E-state index in [0.717, 1.165) is 6.42 Å². The predicted molar refractivity (Wildman–Crippen MR) is 68.5 cm³/mol. The van der Waals surface area contributed by atoms with Crippen molar-refractivity contribution >= 4 is 27.9 Å². The van der Waals surface area contributed by atoms with Crippen LogP contribution in [0.2, 0.25) is 0 Å². The number of aryl methyl sites for hydroxylation is 1. The Kier molecular flexibility index (Phi) is 2.85. The lowest BCUT2D eigenvalue weighted by atomic mass is 9.92. The summed E-state index contributed by atoms with van der Waals surface area (Å²) in [6, 6.07) is 8.68. The summed E-state index contributed by atoms with van der Waals surface area (Å²) in [5.74, 6) is 0. The maximum absolute atomic E-state index is 6.08. The Hall–Kier alpha value is -0.800. The first-order valence-electron chi connectivity index (χ1n) is 5.21. The Morgan fingerprint density at radius 1 is 1.27 bits per heavy atom. The minimum Gasteiger partial charge on any atom is -0.357 e. The van der Waals surface area contributed by atoms with E-state index < -0.39 is 0 Å². The fraction of sp³-hybridized carbons (Fsp3) is 0.333. The Morgan fingerprint density at radius 3 is 2.93 bits per heavy atom. The minimum absolute atomic E-state index is 0. The summed E-state index contributed by atoms with van der Waals surface area (Å²) in [4.78, 5) is 3.44. The highest BCUT2D eigenvalue weighted by Gasteiger charge is 2.20. The topological polar surface area (TPSA) is 41.8 Å². The normalized spacial score (nSPS) is 19.7. The molecule has 0 radical (unpaired) electrons. The molecular formula is C12H15BrN2. The molecule has 15 heavy (non-hydrogen) atoms. The Balaban J connectivity index is 0.000000853. The lowest BCUT2D eigenvalue weighted by molar-refractivity contribution is 0.562. The van der Waals surface area contributed by atoms with E-state index in [1.165, 1.54) is 35.0 Å². The lowest BCUT2D eigenvalue weighted by Gasteiger charge is -2.18. The quantitative estimate of drug-likeness (QED) is 0.756. The molecule has 0 aliphatic heterocycles. The first kappa shape index (κ1) is 10.7. The van der Waals surface area contributed by atoms with E-state index in [4.69, 9.17) is 5.73 Å². The molecule has 0 fully saturated rings. The summed E-state index contributed by atoms with van der Waals surface area (Å²) >= 11 is 0. The number of aromatic nitrogens is 1. The second-order valence-electron chi connectivity index (χ2n) is 4.06. The highest BCUT2D eigenvalue weighted by Crippen LogP contribution is 2.32. The van der Waals surface area contributed by atoms with Crippen LogP contribution in [-0.2, 0) is 6.42 Å². The molecule has 1 aliphatic rings. The van der Waals surface area contributed by atoms with Gasteiger partial charge in [0.25, 0.3) is 0 Å². The number of H-pyrrole nitrogens is 1. The van der Waals surface area contributed by atoms with Crippen LogP contribution in [0.3, 0.4) is 0 Å². The minimum atomic E-state index is 0. The van der Waals surface area contributed by atoms with Gasteiger partial charge in [0.05, 0.1) is 0 Å². The second-order valence-corrected chi connectivity index (χ2v) is 4.06. The molecule has 0 saturated carbocycles. The van der Waals surface area contributed by atoms with Gasteiger partial charge < -0.3 is 10.7 Å². The molecule has 1 atom stereocenters. The van der Waals surface area contributed by atoms with E-state index in [1.54, 1.807) is 0 Å². The van der Waals surface area contributed by atoms with Gasteiger partial charge >= 0.3 is 0 Å². The summed E-state index contributed by atoms with van der Waals surface area (Å²) in [7, 11) is 0. The molecule has 1 aliphatic carbocycles. The van der Waals surface area contributed by atoms with Crippen molar-refractivity contribution in [3.05, 3.63) is 35.5 Å². The fourth-order valence-electron chi connectivity index (χ4n) is 2.45. The van der Waals surface area contributed by atoms with Crippen molar-refractivity contribution in [3.63, 3.8) is 0 Å². The van der Waals surface area contributed by atoms with Gasteiger partial charge in [-0.05, 0) is 30.9 Å². The molecule has 1 aromatic carbocycles. The number of hydrogen-bond donors (Lipinski definition) is 2. The smallest absolute Gasteiger partial charge is 0.0459 e. The number of benzene rings is 1. The summed E-state index contributed by atoms with van der Waals surface area (Å²) in [5.41, 5.74) is 10.0. The first-order chi connectivity index (χ1) is 6.86. The van der Waals surface area contributed by atoms with Crippen LogP contribution in [0.4, 0.5) is 0 Å². The number of para-hydroxylation sites is 1. The van der Waals surface area contributed by atoms with Crippen molar-refractivity contribution in [2.24, 2.45) is 5.73 Å².